The van der Waals surface area contributed by atoms with Crippen LogP contribution in [0.5, 0.6) is 0 Å². The molecule has 1 aromatic rings. The Kier molecular flexibility index (Phi) is 4.33. The molecule has 0 unspecified atom stereocenters. The number of aliphatic hydroxyl groups excluding tert-OH is 1. The Labute approximate surface area is 78.1 Å². The second-order valence-corrected chi connectivity index (χ2v) is 4.29. The molecule has 12 heavy (non-hydrogen) atoms. The van der Waals surface area contributed by atoms with Crippen LogP contribution in [-0.2, 0) is 6.42 Å². The van der Waals surface area contributed by atoms with Crippen LogP contribution in [0.15, 0.2) is 17.5 Å². The summed E-state index contributed by atoms with van der Waals surface area (Å²) in [6.45, 7) is 2.42. The lowest BCUT2D eigenvalue weighted by molar-refractivity contribution is 0.228. The molecule has 2 heteroatoms. The highest BCUT2D eigenvalue weighted by Gasteiger charge is 2.00. The Morgan fingerprint density at radius 3 is 3.00 bits per heavy atom. The summed E-state index contributed by atoms with van der Waals surface area (Å²) in [7, 11) is 0. The van der Waals surface area contributed by atoms with Gasteiger partial charge in [0.1, 0.15) is 0 Å². The van der Waals surface area contributed by atoms with Crippen molar-refractivity contribution in [2.24, 2.45) is 5.92 Å². The van der Waals surface area contributed by atoms with Crippen molar-refractivity contribution in [1.82, 2.24) is 0 Å². The molecule has 1 aromatic heterocycles. The molecule has 1 N–H and O–H groups in total. The lowest BCUT2D eigenvalue weighted by atomic mass is 10.1. The van der Waals surface area contributed by atoms with Gasteiger partial charge < -0.3 is 5.11 Å². The predicted molar refractivity (Wildman–Crippen MR) is 53.5 cm³/mol. The molecule has 0 fully saturated rings. The Morgan fingerprint density at radius 1 is 1.58 bits per heavy atom. The molecular formula is C10H16OS. The Hall–Kier alpha value is -0.340. The van der Waals surface area contributed by atoms with Crippen molar-refractivity contribution in [1.29, 1.82) is 0 Å². The largest absolute Gasteiger partial charge is 0.396 e. The molecule has 0 saturated heterocycles. The zero-order chi connectivity index (χ0) is 8.81. The molecule has 0 aromatic carbocycles. The van der Waals surface area contributed by atoms with Gasteiger partial charge in [0, 0.05) is 11.5 Å². The van der Waals surface area contributed by atoms with Crippen LogP contribution in [0.4, 0.5) is 0 Å². The summed E-state index contributed by atoms with van der Waals surface area (Å²) in [5.74, 6) is 0.463. The molecule has 1 rings (SSSR count). The highest BCUT2D eigenvalue weighted by Crippen LogP contribution is 2.14. The molecule has 0 amide bonds. The van der Waals surface area contributed by atoms with Crippen LogP contribution in [0, 0.1) is 5.92 Å². The van der Waals surface area contributed by atoms with E-state index in [2.05, 4.69) is 24.4 Å². The van der Waals surface area contributed by atoms with Gasteiger partial charge in [0.2, 0.25) is 0 Å². The van der Waals surface area contributed by atoms with E-state index in [-0.39, 0.29) is 0 Å². The van der Waals surface area contributed by atoms with Crippen LogP contribution < -0.4 is 0 Å². The fraction of sp³-hybridized carbons (Fsp3) is 0.600. The van der Waals surface area contributed by atoms with Crippen molar-refractivity contribution in [3.8, 4) is 0 Å². The first-order valence-corrected chi connectivity index (χ1v) is 5.34. The smallest absolute Gasteiger partial charge is 0.0456 e. The summed E-state index contributed by atoms with van der Waals surface area (Å²) in [6, 6.07) is 4.27. The first-order valence-electron chi connectivity index (χ1n) is 4.46. The number of hydrogen-bond donors (Lipinski definition) is 1. The molecule has 0 aliphatic carbocycles. The van der Waals surface area contributed by atoms with Gasteiger partial charge in [0.15, 0.2) is 0 Å². The summed E-state index contributed by atoms with van der Waals surface area (Å²) < 4.78 is 0. The predicted octanol–water partition coefficient (Wildman–Crippen LogP) is 2.70. The van der Waals surface area contributed by atoms with Crippen LogP contribution in [-0.4, -0.2) is 11.7 Å². The third-order valence-electron chi connectivity index (χ3n) is 2.01. The summed E-state index contributed by atoms with van der Waals surface area (Å²) in [5, 5.41) is 10.9. The minimum Gasteiger partial charge on any atom is -0.396 e. The molecule has 0 spiro atoms. The maximum atomic E-state index is 8.79. The first kappa shape index (κ1) is 9.75. The molecule has 1 heterocycles. The quantitative estimate of drug-likeness (QED) is 0.746. The van der Waals surface area contributed by atoms with E-state index in [1.54, 1.807) is 0 Å². The standard InChI is InChI=1S/C10H16OS/c1-9(8-11)4-2-5-10-6-3-7-12-10/h3,6-7,9,11H,2,4-5,8H2,1H3/t9-/m0/s1. The molecule has 1 nitrogen and oxygen atoms in total. The lowest BCUT2D eigenvalue weighted by Gasteiger charge is -2.05. The molecule has 0 aliphatic rings. The van der Waals surface area contributed by atoms with Gasteiger partial charge in [-0.2, -0.15) is 0 Å². The topological polar surface area (TPSA) is 20.2 Å². The highest BCUT2D eigenvalue weighted by molar-refractivity contribution is 7.09. The molecular weight excluding hydrogens is 168 g/mol. The van der Waals surface area contributed by atoms with E-state index >= 15 is 0 Å². The summed E-state index contributed by atoms with van der Waals surface area (Å²) in [6.07, 6.45) is 3.50. The minimum atomic E-state index is 0.324. The SMILES string of the molecule is C[C@H](CO)CCCc1cccs1. The van der Waals surface area contributed by atoms with Crippen molar-refractivity contribution in [3.05, 3.63) is 22.4 Å². The van der Waals surface area contributed by atoms with Gasteiger partial charge in [-0.25, -0.2) is 0 Å². The van der Waals surface area contributed by atoms with E-state index in [9.17, 15) is 0 Å². The van der Waals surface area contributed by atoms with Crippen molar-refractivity contribution in [2.45, 2.75) is 26.2 Å². The number of aryl methyl sites for hydroxylation is 1. The van der Waals surface area contributed by atoms with Crippen LogP contribution in [0.25, 0.3) is 0 Å². The minimum absolute atomic E-state index is 0.324. The van der Waals surface area contributed by atoms with Gasteiger partial charge >= 0.3 is 0 Å². The van der Waals surface area contributed by atoms with E-state index in [1.807, 2.05) is 11.3 Å². The van der Waals surface area contributed by atoms with Crippen molar-refractivity contribution in [2.75, 3.05) is 6.61 Å². The van der Waals surface area contributed by atoms with Crippen LogP contribution >= 0.6 is 11.3 Å². The summed E-state index contributed by atoms with van der Waals surface area (Å²) in [5.41, 5.74) is 0. The van der Waals surface area contributed by atoms with Crippen molar-refractivity contribution < 1.29 is 5.11 Å². The molecule has 68 valence electrons. The van der Waals surface area contributed by atoms with E-state index in [4.69, 9.17) is 5.11 Å². The number of aliphatic hydroxyl groups is 1. The van der Waals surface area contributed by atoms with Crippen LogP contribution in [0.3, 0.4) is 0 Å². The Bertz CT molecular complexity index is 194. The summed E-state index contributed by atoms with van der Waals surface area (Å²) >= 11 is 1.82. The number of rotatable bonds is 5. The third-order valence-corrected chi connectivity index (χ3v) is 2.95. The van der Waals surface area contributed by atoms with E-state index in [0.29, 0.717) is 12.5 Å². The zero-order valence-electron chi connectivity index (χ0n) is 7.49. The van der Waals surface area contributed by atoms with Crippen LogP contribution in [0.1, 0.15) is 24.6 Å². The second kappa shape index (κ2) is 5.33. The number of hydrogen-bond acceptors (Lipinski definition) is 2. The van der Waals surface area contributed by atoms with Gasteiger partial charge in [-0.3, -0.25) is 0 Å². The third kappa shape index (κ3) is 3.37. The van der Waals surface area contributed by atoms with Gasteiger partial charge in [-0.05, 0) is 36.6 Å². The maximum absolute atomic E-state index is 8.79. The first-order chi connectivity index (χ1) is 5.83. The maximum Gasteiger partial charge on any atom is 0.0456 e. The van der Waals surface area contributed by atoms with E-state index in [0.717, 1.165) is 6.42 Å². The van der Waals surface area contributed by atoms with Gasteiger partial charge in [0.05, 0.1) is 0 Å². The van der Waals surface area contributed by atoms with Crippen molar-refractivity contribution in [3.63, 3.8) is 0 Å². The van der Waals surface area contributed by atoms with E-state index < -0.39 is 0 Å². The number of thiophene rings is 1. The fourth-order valence-corrected chi connectivity index (χ4v) is 1.92. The van der Waals surface area contributed by atoms with Crippen molar-refractivity contribution >= 4 is 11.3 Å². The molecule has 0 aliphatic heterocycles. The molecule has 1 atom stereocenters. The van der Waals surface area contributed by atoms with E-state index in [1.165, 1.54) is 17.7 Å². The molecule has 0 radical (unpaired) electrons. The van der Waals surface area contributed by atoms with Gasteiger partial charge in [0.25, 0.3) is 0 Å². The second-order valence-electron chi connectivity index (χ2n) is 3.26. The normalized spacial score (nSPS) is 13.2. The van der Waals surface area contributed by atoms with Gasteiger partial charge in [-0.1, -0.05) is 13.0 Å². The Morgan fingerprint density at radius 2 is 2.42 bits per heavy atom. The molecule has 0 saturated carbocycles. The molecule has 0 bridgehead atoms. The zero-order valence-corrected chi connectivity index (χ0v) is 8.31. The average Bonchev–Trinajstić information content (AvgIpc) is 2.57. The fourth-order valence-electron chi connectivity index (χ4n) is 1.17. The van der Waals surface area contributed by atoms with Gasteiger partial charge in [-0.15, -0.1) is 11.3 Å². The average molecular weight is 184 g/mol. The monoisotopic (exact) mass is 184 g/mol. The van der Waals surface area contributed by atoms with Crippen LogP contribution in [0.2, 0.25) is 0 Å². The highest BCUT2D eigenvalue weighted by atomic mass is 32.1. The Balaban J connectivity index is 2.11. The lowest BCUT2D eigenvalue weighted by Crippen LogP contribution is -2.00. The summed E-state index contributed by atoms with van der Waals surface area (Å²) in [4.78, 5) is 1.46.